The number of hydrogen-bond acceptors (Lipinski definition) is 5. The van der Waals surface area contributed by atoms with E-state index in [9.17, 15) is 13.5 Å². The molecule has 94 valence electrons. The van der Waals surface area contributed by atoms with Gasteiger partial charge in [-0.05, 0) is 24.3 Å². The van der Waals surface area contributed by atoms with Crippen LogP contribution in [0.25, 0.3) is 0 Å². The van der Waals surface area contributed by atoms with Crippen molar-refractivity contribution >= 4 is 15.5 Å². The maximum Gasteiger partial charge on any atom is 0.155 e. The molecule has 2 N–H and O–H groups in total. The molecule has 1 aromatic carbocycles. The first kappa shape index (κ1) is 12.2. The molecule has 6 heteroatoms. The number of benzene rings is 1. The lowest BCUT2D eigenvalue weighted by molar-refractivity contribution is 0.190. The molecule has 0 aliphatic carbocycles. The Labute approximate surface area is 100 Å². The van der Waals surface area contributed by atoms with Gasteiger partial charge in [0.1, 0.15) is 5.75 Å². The average Bonchev–Trinajstić information content (AvgIpc) is 2.53. The molecular weight excluding hydrogens is 242 g/mol. The van der Waals surface area contributed by atoms with Gasteiger partial charge in [0.25, 0.3) is 0 Å². The van der Waals surface area contributed by atoms with Crippen LogP contribution in [0.15, 0.2) is 24.3 Å². The van der Waals surface area contributed by atoms with E-state index in [1.807, 2.05) is 0 Å². The van der Waals surface area contributed by atoms with Gasteiger partial charge in [0.05, 0.1) is 30.8 Å². The summed E-state index contributed by atoms with van der Waals surface area (Å²) >= 11 is 0. The van der Waals surface area contributed by atoms with Crippen LogP contribution < -0.4 is 10.1 Å². The Morgan fingerprint density at radius 1 is 1.29 bits per heavy atom. The predicted molar refractivity (Wildman–Crippen MR) is 65.1 cm³/mol. The monoisotopic (exact) mass is 257 g/mol. The van der Waals surface area contributed by atoms with Gasteiger partial charge in [-0.1, -0.05) is 0 Å². The van der Waals surface area contributed by atoms with Crippen molar-refractivity contribution < 1.29 is 18.3 Å². The Bertz CT molecular complexity index is 483. The second kappa shape index (κ2) is 4.54. The number of rotatable bonds is 3. The van der Waals surface area contributed by atoms with Gasteiger partial charge in [0.2, 0.25) is 0 Å². The fourth-order valence-corrected chi connectivity index (χ4v) is 3.61. The topological polar surface area (TPSA) is 75.6 Å². The van der Waals surface area contributed by atoms with E-state index in [0.29, 0.717) is 0 Å². The molecule has 2 atom stereocenters. The Hall–Kier alpha value is -1.27. The molecule has 1 aromatic rings. The number of hydrogen-bond donors (Lipinski definition) is 2. The third kappa shape index (κ3) is 2.89. The van der Waals surface area contributed by atoms with Crippen LogP contribution in [0.1, 0.15) is 0 Å². The van der Waals surface area contributed by atoms with Crippen molar-refractivity contribution in [3.63, 3.8) is 0 Å². The number of anilines is 1. The lowest BCUT2D eigenvalue weighted by atomic mass is 10.2. The standard InChI is InChI=1S/C11H15NO4S/c1-16-9-4-2-8(3-5-9)12-10-6-17(14,15)7-11(10)13/h2-5,10-13H,6-7H2,1H3/t10-,11-/m0/s1. The zero-order valence-corrected chi connectivity index (χ0v) is 10.3. The minimum Gasteiger partial charge on any atom is -0.497 e. The molecule has 0 amide bonds. The highest BCUT2D eigenvalue weighted by Crippen LogP contribution is 2.20. The molecule has 1 fully saturated rings. The Balaban J connectivity index is 2.06. The van der Waals surface area contributed by atoms with Crippen LogP contribution in [-0.4, -0.2) is 44.3 Å². The Kier molecular flexibility index (Phi) is 3.26. The van der Waals surface area contributed by atoms with Crippen molar-refractivity contribution in [2.24, 2.45) is 0 Å². The molecule has 1 aliphatic heterocycles. The summed E-state index contributed by atoms with van der Waals surface area (Å²) in [5.41, 5.74) is 0.770. The average molecular weight is 257 g/mol. The second-order valence-electron chi connectivity index (χ2n) is 4.12. The molecule has 1 aliphatic rings. The van der Waals surface area contributed by atoms with Gasteiger partial charge in [-0.2, -0.15) is 0 Å². The van der Waals surface area contributed by atoms with E-state index >= 15 is 0 Å². The van der Waals surface area contributed by atoms with Crippen molar-refractivity contribution in [2.75, 3.05) is 23.9 Å². The third-order valence-corrected chi connectivity index (χ3v) is 4.48. The lowest BCUT2D eigenvalue weighted by Crippen LogP contribution is -2.31. The summed E-state index contributed by atoms with van der Waals surface area (Å²) in [5.74, 6) is 0.538. The zero-order valence-electron chi connectivity index (χ0n) is 9.46. The van der Waals surface area contributed by atoms with E-state index in [-0.39, 0.29) is 11.5 Å². The molecule has 0 saturated carbocycles. The van der Waals surface area contributed by atoms with E-state index < -0.39 is 22.0 Å². The fourth-order valence-electron chi connectivity index (χ4n) is 1.87. The molecule has 0 aromatic heterocycles. The Morgan fingerprint density at radius 3 is 2.41 bits per heavy atom. The van der Waals surface area contributed by atoms with Gasteiger partial charge in [-0.3, -0.25) is 0 Å². The molecule has 2 rings (SSSR count). The van der Waals surface area contributed by atoms with Crippen LogP contribution in [0, 0.1) is 0 Å². The lowest BCUT2D eigenvalue weighted by Gasteiger charge is -2.16. The van der Waals surface area contributed by atoms with E-state index in [2.05, 4.69) is 5.32 Å². The van der Waals surface area contributed by atoms with Gasteiger partial charge < -0.3 is 15.2 Å². The third-order valence-electron chi connectivity index (χ3n) is 2.76. The van der Waals surface area contributed by atoms with E-state index in [1.54, 1.807) is 31.4 Å². The van der Waals surface area contributed by atoms with Crippen molar-refractivity contribution in [3.05, 3.63) is 24.3 Å². The minimum atomic E-state index is -3.11. The quantitative estimate of drug-likeness (QED) is 0.812. The fraction of sp³-hybridized carbons (Fsp3) is 0.455. The van der Waals surface area contributed by atoms with Crippen LogP contribution in [0.2, 0.25) is 0 Å². The van der Waals surface area contributed by atoms with Crippen molar-refractivity contribution in [1.82, 2.24) is 0 Å². The van der Waals surface area contributed by atoms with Crippen LogP contribution in [0.5, 0.6) is 5.75 Å². The molecule has 0 bridgehead atoms. The molecule has 5 nitrogen and oxygen atoms in total. The summed E-state index contributed by atoms with van der Waals surface area (Å²) in [7, 11) is -1.54. The molecule has 0 spiro atoms. The first-order valence-corrected chi connectivity index (χ1v) is 7.11. The molecule has 0 unspecified atom stereocenters. The highest BCUT2D eigenvalue weighted by Gasteiger charge is 2.36. The first-order valence-electron chi connectivity index (χ1n) is 5.29. The Morgan fingerprint density at radius 2 is 1.94 bits per heavy atom. The number of methoxy groups -OCH3 is 1. The molecule has 1 saturated heterocycles. The minimum absolute atomic E-state index is 0.0276. The number of sulfone groups is 1. The van der Waals surface area contributed by atoms with Crippen molar-refractivity contribution in [2.45, 2.75) is 12.1 Å². The second-order valence-corrected chi connectivity index (χ2v) is 6.28. The van der Waals surface area contributed by atoms with Crippen LogP contribution in [0.4, 0.5) is 5.69 Å². The number of aliphatic hydroxyl groups is 1. The van der Waals surface area contributed by atoms with Crippen molar-refractivity contribution in [1.29, 1.82) is 0 Å². The van der Waals surface area contributed by atoms with Gasteiger partial charge in [0, 0.05) is 5.69 Å². The number of ether oxygens (including phenoxy) is 1. The highest BCUT2D eigenvalue weighted by molar-refractivity contribution is 7.91. The van der Waals surface area contributed by atoms with Gasteiger partial charge >= 0.3 is 0 Å². The summed E-state index contributed by atoms with van der Waals surface area (Å²) < 4.78 is 27.7. The van der Waals surface area contributed by atoms with Gasteiger partial charge in [-0.15, -0.1) is 0 Å². The number of nitrogens with one attached hydrogen (secondary N) is 1. The van der Waals surface area contributed by atoms with Crippen LogP contribution in [0.3, 0.4) is 0 Å². The highest BCUT2D eigenvalue weighted by atomic mass is 32.2. The summed E-state index contributed by atoms with van der Waals surface area (Å²) in [6.07, 6.45) is -0.845. The molecule has 1 heterocycles. The predicted octanol–water partition coefficient (Wildman–Crippen LogP) is 0.265. The summed E-state index contributed by atoms with van der Waals surface area (Å²) in [4.78, 5) is 0. The maximum atomic E-state index is 11.3. The summed E-state index contributed by atoms with van der Waals surface area (Å²) in [6, 6.07) is 6.69. The van der Waals surface area contributed by atoms with Crippen molar-refractivity contribution in [3.8, 4) is 5.75 Å². The molecular formula is C11H15NO4S. The van der Waals surface area contributed by atoms with E-state index in [0.717, 1.165) is 11.4 Å². The van der Waals surface area contributed by atoms with Gasteiger partial charge in [0.15, 0.2) is 9.84 Å². The smallest absolute Gasteiger partial charge is 0.155 e. The maximum absolute atomic E-state index is 11.3. The molecule has 17 heavy (non-hydrogen) atoms. The number of aliphatic hydroxyl groups excluding tert-OH is 1. The normalized spacial score (nSPS) is 26.7. The van der Waals surface area contributed by atoms with E-state index in [4.69, 9.17) is 4.74 Å². The van der Waals surface area contributed by atoms with Crippen LogP contribution >= 0.6 is 0 Å². The van der Waals surface area contributed by atoms with Gasteiger partial charge in [-0.25, -0.2) is 8.42 Å². The first-order chi connectivity index (χ1) is 8.00. The summed E-state index contributed by atoms with van der Waals surface area (Å²) in [6.45, 7) is 0. The summed E-state index contributed by atoms with van der Waals surface area (Å²) in [5, 5.41) is 12.6. The SMILES string of the molecule is COc1ccc(N[C@H]2CS(=O)(=O)C[C@@H]2O)cc1. The zero-order chi connectivity index (χ0) is 12.5. The van der Waals surface area contributed by atoms with E-state index in [1.165, 1.54) is 0 Å². The van der Waals surface area contributed by atoms with Crippen LogP contribution in [-0.2, 0) is 9.84 Å². The molecule has 0 radical (unpaired) electrons. The largest absolute Gasteiger partial charge is 0.497 e.